The van der Waals surface area contributed by atoms with Crippen LogP contribution in [0.2, 0.25) is 0 Å². The van der Waals surface area contributed by atoms with E-state index < -0.39 is 0 Å². The van der Waals surface area contributed by atoms with Gasteiger partial charge in [0.15, 0.2) is 0 Å². The lowest BCUT2D eigenvalue weighted by atomic mass is 9.78. The first kappa shape index (κ1) is 28.7. The molecule has 0 radical (unpaired) electrons. The summed E-state index contributed by atoms with van der Waals surface area (Å²) >= 11 is 0. The Kier molecular flexibility index (Phi) is 21.2. The molecular formula is C22H50O2. The van der Waals surface area contributed by atoms with Crippen molar-refractivity contribution in [2.45, 2.75) is 101 Å². The lowest BCUT2D eigenvalue weighted by Gasteiger charge is -2.28. The summed E-state index contributed by atoms with van der Waals surface area (Å²) in [5, 5.41) is 15.7. The van der Waals surface area contributed by atoms with Crippen molar-refractivity contribution < 1.29 is 10.2 Å². The fourth-order valence-corrected chi connectivity index (χ4v) is 3.46. The van der Waals surface area contributed by atoms with Crippen molar-refractivity contribution in [3.8, 4) is 0 Å². The van der Waals surface area contributed by atoms with Gasteiger partial charge in [-0.25, -0.2) is 0 Å². The van der Waals surface area contributed by atoms with Gasteiger partial charge in [-0.15, -0.1) is 0 Å². The summed E-state index contributed by atoms with van der Waals surface area (Å²) < 4.78 is 0. The third-order valence-corrected chi connectivity index (χ3v) is 4.75. The average Bonchev–Trinajstić information content (AvgIpc) is 2.51. The molecule has 2 N–H and O–H groups in total. The van der Waals surface area contributed by atoms with E-state index in [2.05, 4.69) is 48.5 Å². The van der Waals surface area contributed by atoms with Crippen LogP contribution in [0.1, 0.15) is 101 Å². The Bertz CT molecular complexity index is 226. The molecule has 0 spiro atoms. The van der Waals surface area contributed by atoms with Gasteiger partial charge >= 0.3 is 0 Å². The van der Waals surface area contributed by atoms with Crippen LogP contribution in [0.5, 0.6) is 0 Å². The molecule has 1 fully saturated rings. The Morgan fingerprint density at radius 3 is 1.62 bits per heavy atom. The number of hydrogen-bond donors (Lipinski definition) is 2. The SMILES string of the molecule is CC.CC(C)CC(C)(C)CCO.CC1CCC(C(C)C)CC1.CO. The number of aliphatic hydroxyl groups is 2. The highest BCUT2D eigenvalue weighted by Gasteiger charge is 2.20. The maximum absolute atomic E-state index is 8.71. The first-order chi connectivity index (χ1) is 11.2. The molecule has 150 valence electrons. The van der Waals surface area contributed by atoms with Gasteiger partial charge in [0.1, 0.15) is 0 Å². The molecule has 2 heteroatoms. The Morgan fingerprint density at radius 1 is 0.917 bits per heavy atom. The first-order valence-electron chi connectivity index (χ1n) is 10.2. The highest BCUT2D eigenvalue weighted by molar-refractivity contribution is 4.71. The van der Waals surface area contributed by atoms with Gasteiger partial charge in [0, 0.05) is 13.7 Å². The highest BCUT2D eigenvalue weighted by Crippen LogP contribution is 2.32. The van der Waals surface area contributed by atoms with Crippen molar-refractivity contribution >= 4 is 0 Å². The lowest BCUT2D eigenvalue weighted by Crippen LogP contribution is -2.16. The molecule has 1 rings (SSSR count). The molecule has 24 heavy (non-hydrogen) atoms. The van der Waals surface area contributed by atoms with Crippen LogP contribution in [0, 0.1) is 29.1 Å². The molecule has 0 amide bonds. The molecule has 0 bridgehead atoms. The van der Waals surface area contributed by atoms with Crippen LogP contribution in [0.4, 0.5) is 0 Å². The van der Waals surface area contributed by atoms with E-state index in [1.807, 2.05) is 13.8 Å². The van der Waals surface area contributed by atoms with Crippen LogP contribution in [-0.2, 0) is 0 Å². The molecular weight excluding hydrogens is 296 g/mol. The smallest absolute Gasteiger partial charge is 0.0436 e. The van der Waals surface area contributed by atoms with E-state index in [0.29, 0.717) is 12.0 Å². The minimum Gasteiger partial charge on any atom is -0.400 e. The maximum Gasteiger partial charge on any atom is 0.0436 e. The summed E-state index contributed by atoms with van der Waals surface area (Å²) in [6.07, 6.45) is 8.04. The second-order valence-electron chi connectivity index (χ2n) is 8.50. The van der Waals surface area contributed by atoms with Crippen molar-refractivity contribution in [3.63, 3.8) is 0 Å². The molecule has 1 aliphatic carbocycles. The van der Waals surface area contributed by atoms with Crippen LogP contribution >= 0.6 is 0 Å². The van der Waals surface area contributed by atoms with Crippen LogP contribution in [0.25, 0.3) is 0 Å². The van der Waals surface area contributed by atoms with Gasteiger partial charge in [-0.05, 0) is 54.8 Å². The Labute approximate surface area is 154 Å². The summed E-state index contributed by atoms with van der Waals surface area (Å²) in [6.45, 7) is 20.3. The maximum atomic E-state index is 8.71. The summed E-state index contributed by atoms with van der Waals surface area (Å²) in [5.41, 5.74) is 0.322. The molecule has 1 saturated carbocycles. The molecule has 1 aliphatic rings. The molecule has 2 nitrogen and oxygen atoms in total. The van der Waals surface area contributed by atoms with Crippen LogP contribution in [0.15, 0.2) is 0 Å². The van der Waals surface area contributed by atoms with Crippen molar-refractivity contribution in [1.82, 2.24) is 0 Å². The summed E-state index contributed by atoms with van der Waals surface area (Å²) in [6, 6.07) is 0. The van der Waals surface area contributed by atoms with E-state index >= 15 is 0 Å². The summed E-state index contributed by atoms with van der Waals surface area (Å²) in [7, 11) is 1.00. The van der Waals surface area contributed by atoms with E-state index in [4.69, 9.17) is 10.2 Å². The number of rotatable bonds is 5. The molecule has 0 aromatic carbocycles. The number of hydrogen-bond acceptors (Lipinski definition) is 2. The van der Waals surface area contributed by atoms with E-state index in [-0.39, 0.29) is 0 Å². The minimum atomic E-state index is 0.319. The Hall–Kier alpha value is -0.0800. The van der Waals surface area contributed by atoms with Gasteiger partial charge < -0.3 is 10.2 Å². The molecule has 0 unspecified atom stereocenters. The van der Waals surface area contributed by atoms with Crippen LogP contribution < -0.4 is 0 Å². The van der Waals surface area contributed by atoms with Gasteiger partial charge in [0.25, 0.3) is 0 Å². The van der Waals surface area contributed by atoms with E-state index in [0.717, 1.165) is 37.2 Å². The monoisotopic (exact) mass is 346 g/mol. The molecule has 0 aromatic rings. The van der Waals surface area contributed by atoms with Crippen molar-refractivity contribution in [2.75, 3.05) is 13.7 Å². The third kappa shape index (κ3) is 18.3. The van der Waals surface area contributed by atoms with E-state index in [9.17, 15) is 0 Å². The topological polar surface area (TPSA) is 40.5 Å². The first-order valence-corrected chi connectivity index (χ1v) is 10.2. The minimum absolute atomic E-state index is 0.319. The highest BCUT2D eigenvalue weighted by atomic mass is 16.3. The summed E-state index contributed by atoms with van der Waals surface area (Å²) in [5.74, 6) is 3.71. The Balaban J connectivity index is -0.000000304. The van der Waals surface area contributed by atoms with Gasteiger partial charge in [0.05, 0.1) is 0 Å². The second kappa shape index (κ2) is 17.7. The standard InChI is InChI=1S/C10H20.C9H20O.C2H6.CH4O/c1-8(2)10-6-4-9(3)5-7-10;1-8(2)7-9(3,4)5-6-10;2*1-2/h8-10H,4-7H2,1-3H3;8,10H,5-7H2,1-4H3;1-2H3;2H,1H3. The average molecular weight is 347 g/mol. The lowest BCUT2D eigenvalue weighted by molar-refractivity contribution is 0.187. The fourth-order valence-electron chi connectivity index (χ4n) is 3.46. The fraction of sp³-hybridized carbons (Fsp3) is 1.00. The Morgan fingerprint density at radius 2 is 1.33 bits per heavy atom. The zero-order valence-corrected chi connectivity index (χ0v) is 18.7. The third-order valence-electron chi connectivity index (χ3n) is 4.75. The van der Waals surface area contributed by atoms with Gasteiger partial charge in [0.2, 0.25) is 0 Å². The molecule has 0 atom stereocenters. The molecule has 0 saturated heterocycles. The van der Waals surface area contributed by atoms with Crippen molar-refractivity contribution in [3.05, 3.63) is 0 Å². The largest absolute Gasteiger partial charge is 0.400 e. The van der Waals surface area contributed by atoms with Gasteiger partial charge in [-0.3, -0.25) is 0 Å². The van der Waals surface area contributed by atoms with Gasteiger partial charge in [-0.2, -0.15) is 0 Å². The summed E-state index contributed by atoms with van der Waals surface area (Å²) in [4.78, 5) is 0. The molecule has 0 heterocycles. The predicted molar refractivity (Wildman–Crippen MR) is 110 cm³/mol. The zero-order chi connectivity index (χ0) is 19.8. The van der Waals surface area contributed by atoms with E-state index in [1.165, 1.54) is 32.1 Å². The normalized spacial score (nSPS) is 20.2. The van der Waals surface area contributed by atoms with Gasteiger partial charge in [-0.1, -0.05) is 75.2 Å². The second-order valence-corrected chi connectivity index (χ2v) is 8.50. The number of aliphatic hydroxyl groups excluding tert-OH is 2. The molecule has 0 aliphatic heterocycles. The quantitative estimate of drug-likeness (QED) is 0.593. The zero-order valence-electron chi connectivity index (χ0n) is 18.7. The van der Waals surface area contributed by atoms with Crippen LogP contribution in [-0.4, -0.2) is 23.9 Å². The van der Waals surface area contributed by atoms with Crippen molar-refractivity contribution in [1.29, 1.82) is 0 Å². The van der Waals surface area contributed by atoms with E-state index in [1.54, 1.807) is 0 Å². The van der Waals surface area contributed by atoms with Crippen molar-refractivity contribution in [2.24, 2.45) is 29.1 Å². The predicted octanol–water partition coefficient (Wildman–Crippen LogP) is 6.54. The molecule has 0 aromatic heterocycles. The van der Waals surface area contributed by atoms with Crippen LogP contribution in [0.3, 0.4) is 0 Å².